The topological polar surface area (TPSA) is 44.8 Å². The second kappa shape index (κ2) is 8.07. The van der Waals surface area contributed by atoms with Crippen LogP contribution in [0.2, 0.25) is 0 Å². The molecule has 2 aromatic carbocycles. The molecule has 2 heterocycles. The van der Waals surface area contributed by atoms with Crippen LogP contribution in [-0.2, 0) is 9.53 Å². The second-order valence-electron chi connectivity index (χ2n) is 8.35. The average molecular weight is 394 g/mol. The van der Waals surface area contributed by atoms with Crippen LogP contribution in [-0.4, -0.2) is 37.7 Å². The van der Waals surface area contributed by atoms with Crippen LogP contribution in [0.5, 0.6) is 0 Å². The molecule has 1 saturated heterocycles. The van der Waals surface area contributed by atoms with E-state index in [1.165, 1.54) is 11.3 Å². The molecule has 2 unspecified atom stereocenters. The van der Waals surface area contributed by atoms with Crippen LogP contribution < -0.4 is 15.1 Å². The summed E-state index contributed by atoms with van der Waals surface area (Å²) in [5.41, 5.74) is 4.50. The maximum atomic E-state index is 12.5. The quantitative estimate of drug-likeness (QED) is 0.836. The van der Waals surface area contributed by atoms with E-state index in [1.807, 2.05) is 23.1 Å². The van der Waals surface area contributed by atoms with Crippen molar-refractivity contribution in [2.45, 2.75) is 45.9 Å². The highest BCUT2D eigenvalue weighted by atomic mass is 16.5. The van der Waals surface area contributed by atoms with Gasteiger partial charge in [0.2, 0.25) is 5.91 Å². The summed E-state index contributed by atoms with van der Waals surface area (Å²) in [4.78, 5) is 16.8. The van der Waals surface area contributed by atoms with Gasteiger partial charge in [-0.15, -0.1) is 0 Å². The van der Waals surface area contributed by atoms with Crippen molar-refractivity contribution in [1.82, 2.24) is 0 Å². The molecule has 0 radical (unpaired) electrons. The van der Waals surface area contributed by atoms with E-state index in [0.29, 0.717) is 0 Å². The second-order valence-corrected chi connectivity index (χ2v) is 8.35. The Balaban J connectivity index is 1.76. The average Bonchev–Trinajstić information content (AvgIpc) is 2.72. The van der Waals surface area contributed by atoms with Gasteiger partial charge in [-0.25, -0.2) is 0 Å². The van der Waals surface area contributed by atoms with Crippen LogP contribution in [0.25, 0.3) is 0 Å². The number of hydrogen-bond donors (Lipinski definition) is 1. The van der Waals surface area contributed by atoms with E-state index in [-0.39, 0.29) is 30.0 Å². The van der Waals surface area contributed by atoms with Crippen molar-refractivity contribution >= 4 is 23.0 Å². The van der Waals surface area contributed by atoms with Crippen molar-refractivity contribution in [3.63, 3.8) is 0 Å². The lowest BCUT2D eigenvalue weighted by Crippen LogP contribution is -2.48. The molecule has 154 valence electrons. The maximum absolute atomic E-state index is 12.5. The van der Waals surface area contributed by atoms with E-state index in [0.717, 1.165) is 31.1 Å². The van der Waals surface area contributed by atoms with E-state index in [1.54, 1.807) is 6.92 Å². The summed E-state index contributed by atoms with van der Waals surface area (Å²) < 4.78 is 5.72. The Kier molecular flexibility index (Phi) is 5.50. The van der Waals surface area contributed by atoms with Crippen molar-refractivity contribution in [3.05, 3.63) is 54.1 Å². The van der Waals surface area contributed by atoms with Crippen molar-refractivity contribution < 1.29 is 9.53 Å². The number of hydrogen-bond acceptors (Lipinski definition) is 4. The van der Waals surface area contributed by atoms with Gasteiger partial charge in [-0.2, -0.15) is 0 Å². The fraction of sp³-hybridized carbons (Fsp3) is 0.458. The molecule has 4 rings (SSSR count). The number of carbonyl (C=O) groups is 1. The van der Waals surface area contributed by atoms with Gasteiger partial charge in [0, 0.05) is 54.6 Å². The molecule has 5 nitrogen and oxygen atoms in total. The molecule has 0 aromatic heterocycles. The summed E-state index contributed by atoms with van der Waals surface area (Å²) in [6.07, 6.45) is 0.227. The third kappa shape index (κ3) is 3.84. The Morgan fingerprint density at radius 1 is 1.10 bits per heavy atom. The van der Waals surface area contributed by atoms with Gasteiger partial charge < -0.3 is 19.9 Å². The predicted octanol–water partition coefficient (Wildman–Crippen LogP) is 4.46. The van der Waals surface area contributed by atoms with Crippen molar-refractivity contribution in [2.75, 3.05) is 34.8 Å². The summed E-state index contributed by atoms with van der Waals surface area (Å²) in [6, 6.07) is 17.1. The standard InChI is InChI=1S/C24H31N3O2/c1-16-15-26(12-13-29-16)21-10-11-23-22(14-21)24(25-20-8-6-5-7-9-20)17(2)18(3)27(23)19(4)28/h5-11,14,16-18,24-25H,12-13,15H2,1-4H3/t16?,17-,18-,24?/m0/s1. The molecule has 2 aliphatic rings. The summed E-state index contributed by atoms with van der Waals surface area (Å²) >= 11 is 0. The number of benzene rings is 2. The number of carbonyl (C=O) groups excluding carboxylic acids is 1. The molecule has 1 fully saturated rings. The van der Waals surface area contributed by atoms with Gasteiger partial charge in [0.25, 0.3) is 0 Å². The predicted molar refractivity (Wildman–Crippen MR) is 119 cm³/mol. The molecule has 0 aliphatic carbocycles. The van der Waals surface area contributed by atoms with Gasteiger partial charge in [0.1, 0.15) is 0 Å². The van der Waals surface area contributed by atoms with Crippen molar-refractivity contribution in [1.29, 1.82) is 0 Å². The first kappa shape index (κ1) is 19.8. The summed E-state index contributed by atoms with van der Waals surface area (Å²) in [5, 5.41) is 3.73. The molecule has 2 aromatic rings. The van der Waals surface area contributed by atoms with E-state index in [4.69, 9.17) is 4.74 Å². The molecule has 1 amide bonds. The lowest BCUT2D eigenvalue weighted by Gasteiger charge is -2.45. The van der Waals surface area contributed by atoms with Gasteiger partial charge in [-0.3, -0.25) is 4.79 Å². The first-order valence-electron chi connectivity index (χ1n) is 10.6. The van der Waals surface area contributed by atoms with Crippen LogP contribution in [0, 0.1) is 5.92 Å². The lowest BCUT2D eigenvalue weighted by atomic mass is 9.82. The van der Waals surface area contributed by atoms with E-state index in [9.17, 15) is 4.79 Å². The third-order valence-electron chi connectivity index (χ3n) is 6.34. The first-order valence-corrected chi connectivity index (χ1v) is 10.6. The Morgan fingerprint density at radius 2 is 1.86 bits per heavy atom. The number of fused-ring (bicyclic) bond motifs is 1. The minimum atomic E-state index is 0.0940. The maximum Gasteiger partial charge on any atom is 0.224 e. The fourth-order valence-electron chi connectivity index (χ4n) is 4.66. The number of amides is 1. The van der Waals surface area contributed by atoms with Gasteiger partial charge in [-0.05, 0) is 44.2 Å². The molecule has 2 aliphatic heterocycles. The summed E-state index contributed by atoms with van der Waals surface area (Å²) in [5.74, 6) is 0.363. The normalized spacial score (nSPS) is 26.8. The number of para-hydroxylation sites is 1. The molecule has 4 atom stereocenters. The van der Waals surface area contributed by atoms with Crippen LogP contribution >= 0.6 is 0 Å². The smallest absolute Gasteiger partial charge is 0.224 e. The molecule has 5 heteroatoms. The lowest BCUT2D eigenvalue weighted by molar-refractivity contribution is -0.117. The molecule has 0 saturated carbocycles. The largest absolute Gasteiger partial charge is 0.378 e. The number of nitrogens with zero attached hydrogens (tertiary/aromatic N) is 2. The van der Waals surface area contributed by atoms with Crippen LogP contribution in [0.3, 0.4) is 0 Å². The highest BCUT2D eigenvalue weighted by Gasteiger charge is 2.38. The van der Waals surface area contributed by atoms with Crippen LogP contribution in [0.4, 0.5) is 17.1 Å². The Bertz CT molecular complexity index is 870. The minimum absolute atomic E-state index is 0.0940. The SMILES string of the molecule is CC(=O)N1c2ccc(N3CCOC(C)C3)cc2C(Nc2ccccc2)[C@@H](C)[C@@H]1C. The number of anilines is 3. The van der Waals surface area contributed by atoms with E-state index < -0.39 is 0 Å². The van der Waals surface area contributed by atoms with Gasteiger partial charge in [0.05, 0.1) is 18.8 Å². The third-order valence-corrected chi connectivity index (χ3v) is 6.34. The van der Waals surface area contributed by atoms with Crippen molar-refractivity contribution in [2.24, 2.45) is 5.92 Å². The zero-order valence-corrected chi connectivity index (χ0v) is 17.8. The number of nitrogens with one attached hydrogen (secondary N) is 1. The van der Waals surface area contributed by atoms with Crippen molar-refractivity contribution in [3.8, 4) is 0 Å². The number of ether oxygens (including phenoxy) is 1. The molecular formula is C24H31N3O2. The molecule has 0 spiro atoms. The molecule has 29 heavy (non-hydrogen) atoms. The van der Waals surface area contributed by atoms with Gasteiger partial charge in [-0.1, -0.05) is 25.1 Å². The monoisotopic (exact) mass is 393 g/mol. The number of morpholine rings is 1. The summed E-state index contributed by atoms with van der Waals surface area (Å²) in [7, 11) is 0. The minimum Gasteiger partial charge on any atom is -0.378 e. The first-order chi connectivity index (χ1) is 14.0. The van der Waals surface area contributed by atoms with Gasteiger partial charge in [0.15, 0.2) is 0 Å². The highest BCUT2D eigenvalue weighted by molar-refractivity contribution is 5.94. The van der Waals surface area contributed by atoms with E-state index >= 15 is 0 Å². The van der Waals surface area contributed by atoms with Crippen LogP contribution in [0.15, 0.2) is 48.5 Å². The summed E-state index contributed by atoms with van der Waals surface area (Å²) in [6.45, 7) is 10.7. The Labute approximate surface area is 173 Å². The molecule has 0 bridgehead atoms. The zero-order valence-electron chi connectivity index (χ0n) is 17.8. The van der Waals surface area contributed by atoms with Crippen LogP contribution in [0.1, 0.15) is 39.3 Å². The Morgan fingerprint density at radius 3 is 2.55 bits per heavy atom. The fourth-order valence-corrected chi connectivity index (χ4v) is 4.66. The highest BCUT2D eigenvalue weighted by Crippen LogP contribution is 2.44. The Hall–Kier alpha value is -2.53. The van der Waals surface area contributed by atoms with Gasteiger partial charge >= 0.3 is 0 Å². The number of rotatable bonds is 3. The molecule has 1 N–H and O–H groups in total. The van der Waals surface area contributed by atoms with E-state index in [2.05, 4.69) is 61.3 Å². The molecular weight excluding hydrogens is 362 g/mol. The zero-order chi connectivity index (χ0) is 20.5.